The number of rotatable bonds is 6. The van der Waals surface area contributed by atoms with Crippen LogP contribution in [0.25, 0.3) is 6.08 Å². The molecule has 1 amide bonds. The van der Waals surface area contributed by atoms with E-state index in [4.69, 9.17) is 4.74 Å². The van der Waals surface area contributed by atoms with Crippen molar-refractivity contribution < 1.29 is 13.9 Å². The molecule has 1 atom stereocenters. The van der Waals surface area contributed by atoms with E-state index in [1.807, 2.05) is 38.1 Å². The van der Waals surface area contributed by atoms with Crippen molar-refractivity contribution in [2.45, 2.75) is 19.9 Å². The molecule has 4 heteroatoms. The number of ether oxygens (including phenoxy) is 1. The summed E-state index contributed by atoms with van der Waals surface area (Å²) >= 11 is 0. The molecule has 2 rings (SSSR count). The first kappa shape index (κ1) is 16.7. The van der Waals surface area contributed by atoms with Crippen molar-refractivity contribution in [1.82, 2.24) is 5.32 Å². The standard InChI is InChI=1S/C19H20FNO2/c1-3-23-18-11-7-16(8-12-18)14(2)21-19(22)13-6-15-4-9-17(20)10-5-15/h4-14H,3H2,1-2H3,(H,21,22)/b13-6+/t14-/m1/s1. The lowest BCUT2D eigenvalue weighted by Crippen LogP contribution is -2.24. The third-order valence-electron chi connectivity index (χ3n) is 3.35. The van der Waals surface area contributed by atoms with Gasteiger partial charge in [-0.3, -0.25) is 4.79 Å². The first-order chi connectivity index (χ1) is 11.1. The van der Waals surface area contributed by atoms with E-state index < -0.39 is 0 Å². The van der Waals surface area contributed by atoms with E-state index in [1.165, 1.54) is 18.2 Å². The van der Waals surface area contributed by atoms with Gasteiger partial charge >= 0.3 is 0 Å². The first-order valence-corrected chi connectivity index (χ1v) is 7.55. The molecule has 3 nitrogen and oxygen atoms in total. The second-order valence-corrected chi connectivity index (χ2v) is 5.12. The van der Waals surface area contributed by atoms with Crippen molar-refractivity contribution in [2.24, 2.45) is 0 Å². The zero-order valence-corrected chi connectivity index (χ0v) is 13.3. The molecule has 1 N–H and O–H groups in total. The third-order valence-corrected chi connectivity index (χ3v) is 3.35. The average molecular weight is 313 g/mol. The molecule has 0 spiro atoms. The lowest BCUT2D eigenvalue weighted by atomic mass is 10.1. The van der Waals surface area contributed by atoms with Crippen LogP contribution in [-0.4, -0.2) is 12.5 Å². The minimum absolute atomic E-state index is 0.115. The number of halogens is 1. The summed E-state index contributed by atoms with van der Waals surface area (Å²) in [5, 5.41) is 2.89. The SMILES string of the molecule is CCOc1ccc([C@@H](C)NC(=O)/C=C/c2ccc(F)cc2)cc1. The number of hydrogen-bond acceptors (Lipinski definition) is 2. The summed E-state index contributed by atoms with van der Waals surface area (Å²) in [5.74, 6) is 0.317. The van der Waals surface area contributed by atoms with Crippen LogP contribution in [0, 0.1) is 5.82 Å². The van der Waals surface area contributed by atoms with Crippen molar-refractivity contribution in [3.8, 4) is 5.75 Å². The molecule has 0 fully saturated rings. The molecule has 23 heavy (non-hydrogen) atoms. The van der Waals surface area contributed by atoms with Crippen LogP contribution in [0.5, 0.6) is 5.75 Å². The van der Waals surface area contributed by atoms with Gasteiger partial charge in [-0.2, -0.15) is 0 Å². The molecule has 0 aliphatic heterocycles. The van der Waals surface area contributed by atoms with Gasteiger partial charge in [0.2, 0.25) is 5.91 Å². The maximum Gasteiger partial charge on any atom is 0.244 e. The second kappa shape index (κ2) is 8.13. The molecule has 2 aromatic carbocycles. The van der Waals surface area contributed by atoms with Crippen LogP contribution >= 0.6 is 0 Å². The Hall–Kier alpha value is -2.62. The van der Waals surface area contributed by atoms with Gasteiger partial charge in [-0.15, -0.1) is 0 Å². The molecule has 0 aliphatic carbocycles. The smallest absolute Gasteiger partial charge is 0.244 e. The Balaban J connectivity index is 1.92. The summed E-state index contributed by atoms with van der Waals surface area (Å²) in [6.45, 7) is 4.48. The van der Waals surface area contributed by atoms with Crippen molar-refractivity contribution in [3.05, 3.63) is 71.6 Å². The Kier molecular flexibility index (Phi) is 5.92. The van der Waals surface area contributed by atoms with Crippen molar-refractivity contribution in [2.75, 3.05) is 6.61 Å². The second-order valence-electron chi connectivity index (χ2n) is 5.12. The summed E-state index contributed by atoms with van der Waals surface area (Å²) in [6, 6.07) is 13.5. The number of nitrogens with one attached hydrogen (secondary N) is 1. The average Bonchev–Trinajstić information content (AvgIpc) is 2.55. The van der Waals surface area contributed by atoms with E-state index in [9.17, 15) is 9.18 Å². The highest BCUT2D eigenvalue weighted by Crippen LogP contribution is 2.17. The number of amides is 1. The summed E-state index contributed by atoms with van der Waals surface area (Å²) in [4.78, 5) is 11.9. The Morgan fingerprint density at radius 2 is 1.83 bits per heavy atom. The highest BCUT2D eigenvalue weighted by Gasteiger charge is 2.07. The zero-order chi connectivity index (χ0) is 16.7. The van der Waals surface area contributed by atoms with Crippen LogP contribution in [0.1, 0.15) is 31.0 Å². The first-order valence-electron chi connectivity index (χ1n) is 7.55. The fourth-order valence-corrected chi connectivity index (χ4v) is 2.11. The van der Waals surface area contributed by atoms with Crippen LogP contribution in [0.2, 0.25) is 0 Å². The lowest BCUT2D eigenvalue weighted by molar-refractivity contribution is -0.117. The number of carbonyl (C=O) groups excluding carboxylic acids is 1. The van der Waals surface area contributed by atoms with Gasteiger partial charge in [0.25, 0.3) is 0 Å². The normalized spacial score (nSPS) is 12.1. The topological polar surface area (TPSA) is 38.3 Å². The van der Waals surface area contributed by atoms with E-state index in [0.29, 0.717) is 6.61 Å². The van der Waals surface area contributed by atoms with Crippen LogP contribution in [0.3, 0.4) is 0 Å². The summed E-state index contributed by atoms with van der Waals surface area (Å²) < 4.78 is 18.2. The summed E-state index contributed by atoms with van der Waals surface area (Å²) in [6.07, 6.45) is 3.10. The minimum atomic E-state index is -0.296. The predicted octanol–water partition coefficient (Wildman–Crippen LogP) is 4.12. The fraction of sp³-hybridized carbons (Fsp3) is 0.211. The highest BCUT2D eigenvalue weighted by atomic mass is 19.1. The number of hydrogen-bond donors (Lipinski definition) is 1. The molecule has 120 valence electrons. The molecule has 0 radical (unpaired) electrons. The Morgan fingerprint density at radius 3 is 2.43 bits per heavy atom. The molecular formula is C19H20FNO2. The molecule has 0 aliphatic rings. The predicted molar refractivity (Wildman–Crippen MR) is 89.6 cm³/mol. The number of benzene rings is 2. The minimum Gasteiger partial charge on any atom is -0.494 e. The van der Waals surface area contributed by atoms with Gasteiger partial charge in [0.1, 0.15) is 11.6 Å². The molecule has 0 saturated carbocycles. The van der Waals surface area contributed by atoms with E-state index in [-0.39, 0.29) is 17.8 Å². The maximum atomic E-state index is 12.8. The maximum absolute atomic E-state index is 12.8. The molecule has 0 saturated heterocycles. The number of carbonyl (C=O) groups is 1. The molecule has 0 bridgehead atoms. The van der Waals surface area contributed by atoms with Gasteiger partial charge in [-0.1, -0.05) is 24.3 Å². The van der Waals surface area contributed by atoms with Gasteiger partial charge in [-0.25, -0.2) is 4.39 Å². The van der Waals surface area contributed by atoms with Gasteiger partial charge in [0.05, 0.1) is 12.6 Å². The molecule has 0 unspecified atom stereocenters. The largest absolute Gasteiger partial charge is 0.494 e. The van der Waals surface area contributed by atoms with Crippen LogP contribution < -0.4 is 10.1 Å². The van der Waals surface area contributed by atoms with E-state index >= 15 is 0 Å². The van der Waals surface area contributed by atoms with E-state index in [1.54, 1.807) is 18.2 Å². The Labute approximate surface area is 135 Å². The molecule has 0 heterocycles. The van der Waals surface area contributed by atoms with Crippen molar-refractivity contribution >= 4 is 12.0 Å². The third kappa shape index (κ3) is 5.25. The van der Waals surface area contributed by atoms with Gasteiger partial charge in [0, 0.05) is 6.08 Å². The van der Waals surface area contributed by atoms with Gasteiger partial charge in [0.15, 0.2) is 0 Å². The van der Waals surface area contributed by atoms with Crippen molar-refractivity contribution in [1.29, 1.82) is 0 Å². The fourth-order valence-electron chi connectivity index (χ4n) is 2.11. The van der Waals surface area contributed by atoms with Gasteiger partial charge < -0.3 is 10.1 Å². The summed E-state index contributed by atoms with van der Waals surface area (Å²) in [5.41, 5.74) is 1.77. The van der Waals surface area contributed by atoms with Crippen LogP contribution in [0.4, 0.5) is 4.39 Å². The summed E-state index contributed by atoms with van der Waals surface area (Å²) in [7, 11) is 0. The lowest BCUT2D eigenvalue weighted by Gasteiger charge is -2.13. The quantitative estimate of drug-likeness (QED) is 0.815. The molecular weight excluding hydrogens is 293 g/mol. The molecule has 0 aromatic heterocycles. The highest BCUT2D eigenvalue weighted by molar-refractivity contribution is 5.91. The Morgan fingerprint density at radius 1 is 1.17 bits per heavy atom. The van der Waals surface area contributed by atoms with E-state index in [2.05, 4.69) is 5.32 Å². The zero-order valence-electron chi connectivity index (χ0n) is 13.3. The van der Waals surface area contributed by atoms with Gasteiger partial charge in [-0.05, 0) is 55.3 Å². The molecule has 2 aromatic rings. The van der Waals surface area contributed by atoms with Crippen LogP contribution in [0.15, 0.2) is 54.6 Å². The Bertz CT molecular complexity index is 663. The van der Waals surface area contributed by atoms with Crippen molar-refractivity contribution in [3.63, 3.8) is 0 Å². The van der Waals surface area contributed by atoms with E-state index in [0.717, 1.165) is 16.9 Å². The monoisotopic (exact) mass is 313 g/mol. The van der Waals surface area contributed by atoms with Crippen LogP contribution in [-0.2, 0) is 4.79 Å².